The molecule has 3 nitrogen and oxygen atoms in total. The number of hydrogen-bond donors (Lipinski definition) is 2. The predicted molar refractivity (Wildman–Crippen MR) is 57.3 cm³/mol. The maximum Gasteiger partial charge on any atom is 0.0693 e. The van der Waals surface area contributed by atoms with Gasteiger partial charge in [-0.15, -0.1) is 0 Å². The molecule has 2 rings (SSSR count). The van der Waals surface area contributed by atoms with Gasteiger partial charge in [-0.3, -0.25) is 0 Å². The third kappa shape index (κ3) is 2.27. The summed E-state index contributed by atoms with van der Waals surface area (Å²) in [6.07, 6.45) is 5.86. The number of nitrogens with zero attached hydrogens (tertiary/aromatic N) is 1. The highest BCUT2D eigenvalue weighted by Crippen LogP contribution is 2.20. The molecule has 2 fully saturated rings. The molecular formula is C11H22N2O. The summed E-state index contributed by atoms with van der Waals surface area (Å²) < 4.78 is 0. The summed E-state index contributed by atoms with van der Waals surface area (Å²) in [5.74, 6) is 0. The first kappa shape index (κ1) is 10.4. The van der Waals surface area contributed by atoms with Crippen LogP contribution < -0.4 is 5.32 Å². The molecule has 1 unspecified atom stereocenters. The fourth-order valence-electron chi connectivity index (χ4n) is 2.70. The normalized spacial score (nSPS) is 39.4. The quantitative estimate of drug-likeness (QED) is 0.696. The van der Waals surface area contributed by atoms with Crippen molar-refractivity contribution in [1.29, 1.82) is 0 Å². The van der Waals surface area contributed by atoms with Gasteiger partial charge >= 0.3 is 0 Å². The van der Waals surface area contributed by atoms with Crippen LogP contribution in [0.15, 0.2) is 0 Å². The van der Waals surface area contributed by atoms with Crippen LogP contribution in [-0.4, -0.2) is 48.3 Å². The molecule has 0 aromatic carbocycles. The van der Waals surface area contributed by atoms with Crippen LogP contribution in [0.1, 0.15) is 32.1 Å². The van der Waals surface area contributed by atoms with Crippen molar-refractivity contribution in [3.8, 4) is 0 Å². The molecule has 14 heavy (non-hydrogen) atoms. The minimum absolute atomic E-state index is 0.0956. The Kier molecular flexibility index (Phi) is 3.42. The second kappa shape index (κ2) is 4.60. The lowest BCUT2D eigenvalue weighted by Gasteiger charge is -2.23. The van der Waals surface area contributed by atoms with Crippen molar-refractivity contribution in [2.45, 2.75) is 50.3 Å². The van der Waals surface area contributed by atoms with Gasteiger partial charge in [0.15, 0.2) is 0 Å². The molecule has 2 aliphatic rings. The van der Waals surface area contributed by atoms with Crippen molar-refractivity contribution < 1.29 is 5.11 Å². The highest BCUT2D eigenvalue weighted by atomic mass is 16.3. The van der Waals surface area contributed by atoms with Crippen molar-refractivity contribution >= 4 is 0 Å². The molecule has 0 aromatic rings. The van der Waals surface area contributed by atoms with Gasteiger partial charge in [-0.25, -0.2) is 0 Å². The van der Waals surface area contributed by atoms with E-state index in [0.29, 0.717) is 12.1 Å². The Morgan fingerprint density at radius 3 is 2.71 bits per heavy atom. The first-order valence-electron chi connectivity index (χ1n) is 5.89. The van der Waals surface area contributed by atoms with Gasteiger partial charge in [-0.1, -0.05) is 0 Å². The van der Waals surface area contributed by atoms with E-state index in [1.54, 1.807) is 0 Å². The lowest BCUT2D eigenvalue weighted by molar-refractivity contribution is 0.144. The Morgan fingerprint density at radius 2 is 2.14 bits per heavy atom. The summed E-state index contributed by atoms with van der Waals surface area (Å²) in [5, 5.41) is 13.2. The fraction of sp³-hybridized carbons (Fsp3) is 1.00. The zero-order valence-electron chi connectivity index (χ0n) is 9.08. The maximum atomic E-state index is 9.65. The monoisotopic (exact) mass is 198 g/mol. The summed E-state index contributed by atoms with van der Waals surface area (Å²) in [5.41, 5.74) is 0. The number of nitrogens with one attached hydrogen (secondary N) is 1. The molecule has 2 N–H and O–H groups in total. The van der Waals surface area contributed by atoms with Crippen LogP contribution in [0.25, 0.3) is 0 Å². The molecule has 1 heterocycles. The molecule has 1 aliphatic carbocycles. The molecule has 0 bridgehead atoms. The Balaban J connectivity index is 1.71. The zero-order chi connectivity index (χ0) is 9.97. The first-order valence-corrected chi connectivity index (χ1v) is 5.89. The lowest BCUT2D eigenvalue weighted by Crippen LogP contribution is -2.43. The molecule has 0 amide bonds. The van der Waals surface area contributed by atoms with Crippen LogP contribution in [-0.2, 0) is 0 Å². The van der Waals surface area contributed by atoms with Crippen LogP contribution in [0.2, 0.25) is 0 Å². The van der Waals surface area contributed by atoms with Gasteiger partial charge in [-0.05, 0) is 45.7 Å². The highest BCUT2D eigenvalue weighted by molar-refractivity contribution is 4.86. The highest BCUT2D eigenvalue weighted by Gasteiger charge is 2.27. The van der Waals surface area contributed by atoms with Gasteiger partial charge < -0.3 is 15.3 Å². The Hall–Kier alpha value is -0.120. The van der Waals surface area contributed by atoms with E-state index in [1.165, 1.54) is 25.8 Å². The van der Waals surface area contributed by atoms with Gasteiger partial charge in [-0.2, -0.15) is 0 Å². The molecule has 0 aromatic heterocycles. The number of likely N-dealkylation sites (tertiary alicyclic amines) is 1. The minimum Gasteiger partial charge on any atom is -0.392 e. The number of hydrogen-bond acceptors (Lipinski definition) is 3. The zero-order valence-corrected chi connectivity index (χ0v) is 9.08. The van der Waals surface area contributed by atoms with Gasteiger partial charge in [0.05, 0.1) is 6.10 Å². The molecule has 3 heteroatoms. The number of aliphatic hydroxyl groups is 1. The molecule has 3 atom stereocenters. The molecule has 1 saturated heterocycles. The Labute approximate surface area is 86.5 Å². The summed E-state index contributed by atoms with van der Waals surface area (Å²) in [4.78, 5) is 2.42. The van der Waals surface area contributed by atoms with Crippen molar-refractivity contribution in [1.82, 2.24) is 10.2 Å². The Bertz CT molecular complexity index is 166. The second-order valence-electron chi connectivity index (χ2n) is 4.79. The van der Waals surface area contributed by atoms with E-state index in [1.807, 2.05) is 0 Å². The second-order valence-corrected chi connectivity index (χ2v) is 4.79. The summed E-state index contributed by atoms with van der Waals surface area (Å²) >= 11 is 0. The van der Waals surface area contributed by atoms with Crippen LogP contribution >= 0.6 is 0 Å². The average molecular weight is 198 g/mol. The smallest absolute Gasteiger partial charge is 0.0693 e. The van der Waals surface area contributed by atoms with Gasteiger partial charge in [0.2, 0.25) is 0 Å². The van der Waals surface area contributed by atoms with Crippen molar-refractivity contribution in [2.24, 2.45) is 0 Å². The van der Waals surface area contributed by atoms with E-state index in [-0.39, 0.29) is 6.10 Å². The van der Waals surface area contributed by atoms with Crippen LogP contribution in [0.4, 0.5) is 0 Å². The van der Waals surface area contributed by atoms with Gasteiger partial charge in [0.1, 0.15) is 0 Å². The summed E-state index contributed by atoms with van der Waals surface area (Å²) in [6, 6.07) is 1.06. The van der Waals surface area contributed by atoms with E-state index < -0.39 is 0 Å². The van der Waals surface area contributed by atoms with Crippen LogP contribution in [0, 0.1) is 0 Å². The molecule has 1 aliphatic heterocycles. The molecule has 0 radical (unpaired) electrons. The Morgan fingerprint density at radius 1 is 1.29 bits per heavy atom. The number of rotatable bonds is 3. The maximum absolute atomic E-state index is 9.65. The van der Waals surface area contributed by atoms with E-state index in [9.17, 15) is 5.11 Å². The predicted octanol–water partition coefficient (Wildman–Crippen LogP) is 0.584. The SMILES string of the molecule is CN1CCCC1CN[C@@H]1CCC[C@H]1O. The first-order chi connectivity index (χ1) is 6.77. The van der Waals surface area contributed by atoms with Crippen LogP contribution in [0.3, 0.4) is 0 Å². The molecular weight excluding hydrogens is 176 g/mol. The van der Waals surface area contributed by atoms with Crippen molar-refractivity contribution in [3.05, 3.63) is 0 Å². The summed E-state index contributed by atoms with van der Waals surface area (Å²) in [6.45, 7) is 2.29. The number of likely N-dealkylation sites (N-methyl/N-ethyl adjacent to an activating group) is 1. The van der Waals surface area contributed by atoms with Crippen molar-refractivity contribution in [2.75, 3.05) is 20.1 Å². The van der Waals surface area contributed by atoms with E-state index in [2.05, 4.69) is 17.3 Å². The lowest BCUT2D eigenvalue weighted by atomic mass is 10.1. The topological polar surface area (TPSA) is 35.5 Å². The fourth-order valence-corrected chi connectivity index (χ4v) is 2.70. The van der Waals surface area contributed by atoms with E-state index in [0.717, 1.165) is 19.4 Å². The standard InChI is InChI=1S/C11H22N2O/c1-13-7-3-4-9(13)8-12-10-5-2-6-11(10)14/h9-12,14H,2-8H2,1H3/t9?,10-,11-/m1/s1. The van der Waals surface area contributed by atoms with Gasteiger partial charge in [0.25, 0.3) is 0 Å². The largest absolute Gasteiger partial charge is 0.392 e. The average Bonchev–Trinajstić information content (AvgIpc) is 2.72. The summed E-state index contributed by atoms with van der Waals surface area (Å²) in [7, 11) is 2.20. The van der Waals surface area contributed by atoms with E-state index >= 15 is 0 Å². The van der Waals surface area contributed by atoms with Crippen LogP contribution in [0.5, 0.6) is 0 Å². The molecule has 82 valence electrons. The number of aliphatic hydroxyl groups excluding tert-OH is 1. The third-order valence-electron chi connectivity index (χ3n) is 3.77. The van der Waals surface area contributed by atoms with E-state index in [4.69, 9.17) is 0 Å². The van der Waals surface area contributed by atoms with Crippen molar-refractivity contribution in [3.63, 3.8) is 0 Å². The molecule has 1 saturated carbocycles. The minimum atomic E-state index is -0.0956. The third-order valence-corrected chi connectivity index (χ3v) is 3.77. The molecule has 0 spiro atoms. The van der Waals surface area contributed by atoms with Gasteiger partial charge in [0, 0.05) is 18.6 Å².